The largest absolute Gasteiger partial charge is 0.355 e. The summed E-state index contributed by atoms with van der Waals surface area (Å²) in [7, 11) is 0. The van der Waals surface area contributed by atoms with E-state index in [4.69, 9.17) is 0 Å². The van der Waals surface area contributed by atoms with E-state index in [-0.39, 0.29) is 5.41 Å². The van der Waals surface area contributed by atoms with Gasteiger partial charge in [-0.15, -0.1) is 0 Å². The third kappa shape index (κ3) is 5.26. The number of H-pyrrole nitrogens is 1. The smallest absolute Gasteiger partial charge is 0.0465 e. The lowest BCUT2D eigenvalue weighted by molar-refractivity contribution is 0.660. The minimum absolute atomic E-state index is 0.179. The highest BCUT2D eigenvalue weighted by atomic mass is 15.1. The third-order valence-corrected chi connectivity index (χ3v) is 11.2. The van der Waals surface area contributed by atoms with Crippen molar-refractivity contribution < 1.29 is 0 Å². The minimum Gasteiger partial charge on any atom is -0.355 e. The first-order chi connectivity index (χ1) is 26.0. The van der Waals surface area contributed by atoms with Crippen LogP contribution < -0.4 is 4.90 Å². The van der Waals surface area contributed by atoms with E-state index >= 15 is 0 Å². The van der Waals surface area contributed by atoms with Gasteiger partial charge in [0.1, 0.15) is 0 Å². The van der Waals surface area contributed by atoms with Gasteiger partial charge in [0.2, 0.25) is 0 Å². The Morgan fingerprint density at radius 3 is 1.45 bits per heavy atom. The molecule has 1 N–H and O–H groups in total. The van der Waals surface area contributed by atoms with Crippen LogP contribution in [0.1, 0.15) is 25.0 Å². The van der Waals surface area contributed by atoms with Crippen molar-refractivity contribution in [3.05, 3.63) is 199 Å². The van der Waals surface area contributed by atoms with Crippen LogP contribution in [0.4, 0.5) is 17.1 Å². The van der Waals surface area contributed by atoms with E-state index in [2.05, 4.69) is 212 Å². The zero-order chi connectivity index (χ0) is 35.5. The Hall–Kier alpha value is -6.64. The molecule has 0 amide bonds. The van der Waals surface area contributed by atoms with Crippen molar-refractivity contribution >= 4 is 38.9 Å². The average molecular weight is 679 g/mol. The van der Waals surface area contributed by atoms with Crippen molar-refractivity contribution in [2.24, 2.45) is 0 Å². The van der Waals surface area contributed by atoms with E-state index in [0.717, 1.165) is 17.1 Å². The Balaban J connectivity index is 1.05. The van der Waals surface area contributed by atoms with Crippen molar-refractivity contribution in [3.8, 4) is 44.5 Å². The summed E-state index contributed by atoms with van der Waals surface area (Å²) in [6.07, 6.45) is 0. The lowest BCUT2D eigenvalue weighted by Gasteiger charge is -2.28. The molecule has 2 nitrogen and oxygen atoms in total. The number of nitrogens with zero attached hydrogens (tertiary/aromatic N) is 1. The molecule has 9 aromatic rings. The van der Waals surface area contributed by atoms with E-state index in [1.54, 1.807) is 0 Å². The fourth-order valence-electron chi connectivity index (χ4n) is 8.39. The van der Waals surface area contributed by atoms with E-state index in [1.807, 2.05) is 0 Å². The van der Waals surface area contributed by atoms with Crippen molar-refractivity contribution in [1.82, 2.24) is 4.98 Å². The minimum atomic E-state index is -0.179. The highest BCUT2D eigenvalue weighted by Gasteiger charge is 2.36. The Kier molecular flexibility index (Phi) is 7.19. The van der Waals surface area contributed by atoms with E-state index in [9.17, 15) is 0 Å². The van der Waals surface area contributed by atoms with Gasteiger partial charge in [-0.2, -0.15) is 0 Å². The number of aromatic amines is 1. The highest BCUT2D eigenvalue weighted by molar-refractivity contribution is 6.08. The first-order valence-electron chi connectivity index (χ1n) is 18.4. The number of nitrogens with one attached hydrogen (secondary N) is 1. The predicted octanol–water partition coefficient (Wildman–Crippen LogP) is 14.1. The van der Waals surface area contributed by atoms with Crippen LogP contribution >= 0.6 is 0 Å². The summed E-state index contributed by atoms with van der Waals surface area (Å²) in [4.78, 5) is 5.97. The number of benzene rings is 8. The maximum atomic E-state index is 3.58. The third-order valence-electron chi connectivity index (χ3n) is 11.2. The number of fused-ring (bicyclic) bond motifs is 6. The molecule has 8 aromatic carbocycles. The van der Waals surface area contributed by atoms with Crippen molar-refractivity contribution in [1.29, 1.82) is 0 Å². The van der Waals surface area contributed by atoms with Gasteiger partial charge in [0.25, 0.3) is 0 Å². The molecular formula is C51H38N2. The van der Waals surface area contributed by atoms with E-state index in [0.29, 0.717) is 0 Å². The van der Waals surface area contributed by atoms with Gasteiger partial charge in [0, 0.05) is 44.3 Å². The maximum absolute atomic E-state index is 3.58. The number of aromatic nitrogens is 1. The van der Waals surface area contributed by atoms with Gasteiger partial charge >= 0.3 is 0 Å². The molecule has 0 radical (unpaired) electrons. The second-order valence-corrected chi connectivity index (χ2v) is 14.7. The zero-order valence-corrected chi connectivity index (χ0v) is 29.8. The molecule has 0 saturated carbocycles. The van der Waals surface area contributed by atoms with Crippen LogP contribution in [0.3, 0.4) is 0 Å². The van der Waals surface area contributed by atoms with Crippen LogP contribution in [-0.4, -0.2) is 4.98 Å². The summed E-state index contributed by atoms with van der Waals surface area (Å²) >= 11 is 0. The summed E-state index contributed by atoms with van der Waals surface area (Å²) in [6.45, 7) is 4.75. The first kappa shape index (κ1) is 31.1. The van der Waals surface area contributed by atoms with Crippen molar-refractivity contribution in [2.75, 3.05) is 4.90 Å². The maximum Gasteiger partial charge on any atom is 0.0465 e. The molecule has 2 heteroatoms. The van der Waals surface area contributed by atoms with Crippen molar-refractivity contribution in [2.45, 2.75) is 19.3 Å². The standard InChI is InChI=1S/C51H38N2/c1-51(2)47-32-39(38-22-30-50-46(31-38)45-15-9-10-16-49(45)52-50)21-28-43(47)44-29-27-42(33-48(44)51)53(40-23-17-36(18-24-40)34-11-5-3-6-12-34)41-25-19-37(20-26-41)35-13-7-4-8-14-35/h3-33,52H,1-2H3. The molecule has 10 rings (SSSR count). The Bertz CT molecular complexity index is 2690. The van der Waals surface area contributed by atoms with Crippen molar-refractivity contribution in [3.63, 3.8) is 0 Å². The number of para-hydroxylation sites is 1. The lowest BCUT2D eigenvalue weighted by Crippen LogP contribution is -2.16. The zero-order valence-electron chi connectivity index (χ0n) is 29.8. The monoisotopic (exact) mass is 678 g/mol. The molecule has 1 aliphatic carbocycles. The molecule has 0 fully saturated rings. The molecule has 53 heavy (non-hydrogen) atoms. The average Bonchev–Trinajstić information content (AvgIpc) is 3.70. The van der Waals surface area contributed by atoms with Crippen LogP contribution in [-0.2, 0) is 5.41 Å². The molecule has 0 atom stereocenters. The summed E-state index contributed by atoms with van der Waals surface area (Å²) in [6, 6.07) is 68.6. The fourth-order valence-corrected chi connectivity index (χ4v) is 8.39. The van der Waals surface area contributed by atoms with Gasteiger partial charge in [-0.05, 0) is 116 Å². The predicted molar refractivity (Wildman–Crippen MR) is 224 cm³/mol. The quantitative estimate of drug-likeness (QED) is 0.185. The molecule has 1 aromatic heterocycles. The molecule has 1 heterocycles. The molecule has 1 aliphatic rings. The number of hydrogen-bond donors (Lipinski definition) is 1. The molecule has 0 saturated heterocycles. The van der Waals surface area contributed by atoms with E-state index < -0.39 is 0 Å². The van der Waals surface area contributed by atoms with Gasteiger partial charge in [0.05, 0.1) is 0 Å². The van der Waals surface area contributed by atoms with Gasteiger partial charge < -0.3 is 9.88 Å². The first-order valence-corrected chi connectivity index (χ1v) is 18.4. The van der Waals surface area contributed by atoms with E-state index in [1.165, 1.54) is 77.4 Å². The molecule has 252 valence electrons. The topological polar surface area (TPSA) is 19.0 Å². The molecular weight excluding hydrogens is 641 g/mol. The highest BCUT2D eigenvalue weighted by Crippen LogP contribution is 2.52. The summed E-state index contributed by atoms with van der Waals surface area (Å²) in [5, 5.41) is 2.53. The normalized spacial score (nSPS) is 12.9. The lowest BCUT2D eigenvalue weighted by atomic mass is 9.81. The summed E-state index contributed by atoms with van der Waals surface area (Å²) < 4.78 is 0. The Morgan fingerprint density at radius 2 is 0.811 bits per heavy atom. The Labute approximate surface area is 310 Å². The van der Waals surface area contributed by atoms with Crippen LogP contribution in [0.15, 0.2) is 188 Å². The molecule has 0 bridgehead atoms. The fraction of sp³-hybridized carbons (Fsp3) is 0.0588. The van der Waals surface area contributed by atoms with Gasteiger partial charge in [-0.25, -0.2) is 0 Å². The van der Waals surface area contributed by atoms with Crippen LogP contribution in [0.5, 0.6) is 0 Å². The van der Waals surface area contributed by atoms with Gasteiger partial charge in [-0.3, -0.25) is 0 Å². The Morgan fingerprint density at radius 1 is 0.358 bits per heavy atom. The second-order valence-electron chi connectivity index (χ2n) is 14.7. The number of anilines is 3. The van der Waals surface area contributed by atoms with Crippen LogP contribution in [0.25, 0.3) is 66.3 Å². The molecule has 0 unspecified atom stereocenters. The number of hydrogen-bond acceptors (Lipinski definition) is 1. The molecule has 0 aliphatic heterocycles. The van der Waals surface area contributed by atoms with Crippen LogP contribution in [0.2, 0.25) is 0 Å². The second kappa shape index (κ2) is 12.3. The van der Waals surface area contributed by atoms with Gasteiger partial charge in [0.15, 0.2) is 0 Å². The summed E-state index contributed by atoms with van der Waals surface area (Å²) in [5.41, 5.74) is 18.2. The SMILES string of the molecule is CC1(C)c2cc(-c3ccc4[nH]c5ccccc5c4c3)ccc2-c2ccc(N(c3ccc(-c4ccccc4)cc3)c3ccc(-c4ccccc4)cc3)cc21. The van der Waals surface area contributed by atoms with Crippen LogP contribution in [0, 0.1) is 0 Å². The van der Waals surface area contributed by atoms with Gasteiger partial charge in [-0.1, -0.05) is 141 Å². The molecule has 0 spiro atoms. The summed E-state index contributed by atoms with van der Waals surface area (Å²) in [5.74, 6) is 0. The number of rotatable bonds is 6.